The number of methoxy groups -OCH3 is 2. The van der Waals surface area contributed by atoms with Gasteiger partial charge in [0.25, 0.3) is 0 Å². The Morgan fingerprint density at radius 3 is 2.11 bits per heavy atom. The number of hydrogen-bond acceptors (Lipinski definition) is 3. The van der Waals surface area contributed by atoms with E-state index in [1.54, 1.807) is 7.11 Å². The van der Waals surface area contributed by atoms with Gasteiger partial charge in [-0.3, -0.25) is 4.79 Å². The molecule has 0 saturated heterocycles. The van der Waals surface area contributed by atoms with Crippen LogP contribution >= 0.6 is 0 Å². The number of carbonyl (C=O) groups excluding carboxylic acids is 1. The molecule has 0 aromatic heterocycles. The second-order valence-corrected chi connectivity index (χ2v) is 6.18. The standard InChI is InChI=1S/C15H26O3/c1-11(17-5)15(4)9-7-12(8-10-15)14(2,3)13(16)18-6/h12H,1,7-10H2,2-6H3. The lowest BCUT2D eigenvalue weighted by atomic mass is 9.63. The Kier molecular flexibility index (Phi) is 4.46. The summed E-state index contributed by atoms with van der Waals surface area (Å²) in [5, 5.41) is 0. The summed E-state index contributed by atoms with van der Waals surface area (Å²) >= 11 is 0. The predicted octanol–water partition coefficient (Wildman–Crippen LogP) is 3.54. The number of allylic oxidation sites excluding steroid dienone is 1. The van der Waals surface area contributed by atoms with E-state index in [9.17, 15) is 4.79 Å². The van der Waals surface area contributed by atoms with Gasteiger partial charge >= 0.3 is 5.97 Å². The molecule has 0 aromatic rings. The van der Waals surface area contributed by atoms with Crippen LogP contribution in [0.4, 0.5) is 0 Å². The number of hydrogen-bond donors (Lipinski definition) is 0. The van der Waals surface area contributed by atoms with Crippen molar-refractivity contribution in [1.29, 1.82) is 0 Å². The average Bonchev–Trinajstić information content (AvgIpc) is 2.37. The summed E-state index contributed by atoms with van der Waals surface area (Å²) in [5.74, 6) is 1.13. The normalized spacial score (nSPS) is 28.6. The maximum absolute atomic E-state index is 11.8. The number of rotatable bonds is 4. The summed E-state index contributed by atoms with van der Waals surface area (Å²) in [6.45, 7) is 10.2. The van der Waals surface area contributed by atoms with Crippen molar-refractivity contribution in [3.05, 3.63) is 12.3 Å². The van der Waals surface area contributed by atoms with E-state index in [2.05, 4.69) is 13.5 Å². The predicted molar refractivity (Wildman–Crippen MR) is 72.0 cm³/mol. The topological polar surface area (TPSA) is 35.5 Å². The molecule has 1 rings (SSSR count). The van der Waals surface area contributed by atoms with Crippen molar-refractivity contribution in [3.63, 3.8) is 0 Å². The van der Waals surface area contributed by atoms with E-state index in [1.165, 1.54) is 7.11 Å². The third kappa shape index (κ3) is 2.70. The molecule has 1 saturated carbocycles. The van der Waals surface area contributed by atoms with Crippen LogP contribution < -0.4 is 0 Å². The third-order valence-electron chi connectivity index (χ3n) is 4.74. The van der Waals surface area contributed by atoms with Gasteiger partial charge in [0.1, 0.15) is 0 Å². The first-order valence-corrected chi connectivity index (χ1v) is 6.59. The zero-order valence-electron chi connectivity index (χ0n) is 12.3. The van der Waals surface area contributed by atoms with Crippen molar-refractivity contribution in [2.75, 3.05) is 14.2 Å². The second kappa shape index (κ2) is 5.33. The highest BCUT2D eigenvalue weighted by Gasteiger charge is 2.43. The highest BCUT2D eigenvalue weighted by Crippen LogP contribution is 2.48. The maximum atomic E-state index is 11.8. The van der Waals surface area contributed by atoms with Crippen molar-refractivity contribution >= 4 is 5.97 Å². The van der Waals surface area contributed by atoms with Gasteiger partial charge < -0.3 is 9.47 Å². The molecular weight excluding hydrogens is 228 g/mol. The lowest BCUT2D eigenvalue weighted by molar-refractivity contribution is -0.155. The molecule has 0 spiro atoms. The molecule has 3 nitrogen and oxygen atoms in total. The zero-order chi connectivity index (χ0) is 14.0. The Morgan fingerprint density at radius 1 is 1.22 bits per heavy atom. The lowest BCUT2D eigenvalue weighted by Crippen LogP contribution is -2.38. The first-order valence-electron chi connectivity index (χ1n) is 6.59. The quantitative estimate of drug-likeness (QED) is 0.568. The molecule has 1 aliphatic carbocycles. The van der Waals surface area contributed by atoms with Crippen LogP contribution in [-0.2, 0) is 14.3 Å². The number of ether oxygens (including phenoxy) is 2. The van der Waals surface area contributed by atoms with Gasteiger partial charge in [-0.25, -0.2) is 0 Å². The van der Waals surface area contributed by atoms with Crippen LogP contribution in [0.5, 0.6) is 0 Å². The lowest BCUT2D eigenvalue weighted by Gasteiger charge is -2.42. The Balaban J connectivity index is 2.69. The molecule has 0 amide bonds. The molecule has 3 heteroatoms. The second-order valence-electron chi connectivity index (χ2n) is 6.18. The molecule has 0 aromatic carbocycles. The van der Waals surface area contributed by atoms with Gasteiger partial charge in [0, 0.05) is 5.41 Å². The minimum atomic E-state index is -0.398. The van der Waals surface area contributed by atoms with Gasteiger partial charge in [0.05, 0.1) is 25.4 Å². The largest absolute Gasteiger partial charge is 0.501 e. The monoisotopic (exact) mass is 254 g/mol. The SMILES string of the molecule is C=C(OC)C1(C)CCC(C(C)(C)C(=O)OC)CC1. The molecule has 0 bridgehead atoms. The van der Waals surface area contributed by atoms with Gasteiger partial charge in [0.2, 0.25) is 0 Å². The van der Waals surface area contributed by atoms with Crippen molar-refractivity contribution in [1.82, 2.24) is 0 Å². The minimum Gasteiger partial charge on any atom is -0.501 e. The van der Waals surface area contributed by atoms with E-state index in [-0.39, 0.29) is 11.4 Å². The van der Waals surface area contributed by atoms with Gasteiger partial charge in [0.15, 0.2) is 0 Å². The molecule has 18 heavy (non-hydrogen) atoms. The Morgan fingerprint density at radius 2 is 1.72 bits per heavy atom. The van der Waals surface area contributed by atoms with E-state index in [0.717, 1.165) is 31.4 Å². The molecule has 0 radical (unpaired) electrons. The summed E-state index contributed by atoms with van der Waals surface area (Å²) in [6, 6.07) is 0. The van der Waals surface area contributed by atoms with Crippen molar-refractivity contribution in [2.24, 2.45) is 16.7 Å². The van der Waals surface area contributed by atoms with Crippen LogP contribution in [0.2, 0.25) is 0 Å². The van der Waals surface area contributed by atoms with E-state index in [0.29, 0.717) is 5.92 Å². The van der Waals surface area contributed by atoms with Crippen LogP contribution in [0, 0.1) is 16.7 Å². The highest BCUT2D eigenvalue weighted by atomic mass is 16.5. The smallest absolute Gasteiger partial charge is 0.311 e. The molecule has 0 aliphatic heterocycles. The molecule has 0 unspecified atom stereocenters. The Hall–Kier alpha value is -0.990. The van der Waals surface area contributed by atoms with Gasteiger partial charge in [-0.2, -0.15) is 0 Å². The highest BCUT2D eigenvalue weighted by molar-refractivity contribution is 5.76. The number of esters is 1. The Labute approximate surface area is 111 Å². The summed E-state index contributed by atoms with van der Waals surface area (Å²) < 4.78 is 10.2. The molecule has 104 valence electrons. The molecule has 0 atom stereocenters. The first kappa shape index (κ1) is 15.1. The minimum absolute atomic E-state index is 0.0530. The summed E-state index contributed by atoms with van der Waals surface area (Å²) in [4.78, 5) is 11.8. The summed E-state index contributed by atoms with van der Waals surface area (Å²) in [5.41, 5.74) is -0.345. The van der Waals surface area contributed by atoms with Crippen molar-refractivity contribution < 1.29 is 14.3 Å². The van der Waals surface area contributed by atoms with E-state index < -0.39 is 5.41 Å². The fourth-order valence-corrected chi connectivity index (χ4v) is 2.93. The summed E-state index contributed by atoms with van der Waals surface area (Å²) in [7, 11) is 3.14. The zero-order valence-corrected chi connectivity index (χ0v) is 12.3. The Bertz CT molecular complexity index is 323. The van der Waals surface area contributed by atoms with E-state index in [1.807, 2.05) is 13.8 Å². The van der Waals surface area contributed by atoms with Crippen molar-refractivity contribution in [3.8, 4) is 0 Å². The molecular formula is C15H26O3. The fourth-order valence-electron chi connectivity index (χ4n) is 2.93. The van der Waals surface area contributed by atoms with E-state index >= 15 is 0 Å². The van der Waals surface area contributed by atoms with Crippen molar-refractivity contribution in [2.45, 2.75) is 46.5 Å². The number of carbonyl (C=O) groups is 1. The van der Waals surface area contributed by atoms with Crippen LogP contribution in [0.25, 0.3) is 0 Å². The molecule has 0 heterocycles. The van der Waals surface area contributed by atoms with Gasteiger partial charge in [-0.1, -0.05) is 13.5 Å². The summed E-state index contributed by atoms with van der Waals surface area (Å²) in [6.07, 6.45) is 4.07. The third-order valence-corrected chi connectivity index (χ3v) is 4.74. The van der Waals surface area contributed by atoms with Crippen LogP contribution in [0.1, 0.15) is 46.5 Å². The van der Waals surface area contributed by atoms with Gasteiger partial charge in [-0.15, -0.1) is 0 Å². The van der Waals surface area contributed by atoms with Crippen LogP contribution in [-0.4, -0.2) is 20.2 Å². The first-order chi connectivity index (χ1) is 8.28. The maximum Gasteiger partial charge on any atom is 0.311 e. The molecule has 0 N–H and O–H groups in total. The van der Waals surface area contributed by atoms with E-state index in [4.69, 9.17) is 9.47 Å². The molecule has 1 aliphatic rings. The van der Waals surface area contributed by atoms with Crippen LogP contribution in [0.15, 0.2) is 12.3 Å². The van der Waals surface area contributed by atoms with Gasteiger partial charge in [-0.05, 0) is 45.4 Å². The fraction of sp³-hybridized carbons (Fsp3) is 0.800. The van der Waals surface area contributed by atoms with Crippen LogP contribution in [0.3, 0.4) is 0 Å². The molecule has 1 fully saturated rings. The average molecular weight is 254 g/mol.